The van der Waals surface area contributed by atoms with Crippen molar-refractivity contribution < 1.29 is 23.2 Å². The standard InChI is InChI=1S/C24H21F2N3O3/c1-27-23(31)21(17-12-13-18(25)19(26)14-17)29-24(32)20(15-8-4-2-5-9-15)28-22(30)16-10-6-3-7-11-16/h2-14,20-21H,1H3,(H,27,31)(H,28,30)(H,29,32). The zero-order valence-electron chi connectivity index (χ0n) is 17.1. The lowest BCUT2D eigenvalue weighted by Gasteiger charge is -2.23. The lowest BCUT2D eigenvalue weighted by Crippen LogP contribution is -2.45. The van der Waals surface area contributed by atoms with Crippen LogP contribution in [-0.2, 0) is 9.59 Å². The Hall–Kier alpha value is -4.07. The van der Waals surface area contributed by atoms with E-state index in [4.69, 9.17) is 0 Å². The molecule has 2 unspecified atom stereocenters. The van der Waals surface area contributed by atoms with Gasteiger partial charge in [-0.3, -0.25) is 14.4 Å². The summed E-state index contributed by atoms with van der Waals surface area (Å²) in [6.07, 6.45) is 0. The molecular formula is C24H21F2N3O3. The van der Waals surface area contributed by atoms with Gasteiger partial charge in [-0.2, -0.15) is 0 Å². The normalized spacial score (nSPS) is 12.3. The van der Waals surface area contributed by atoms with Crippen molar-refractivity contribution in [3.63, 3.8) is 0 Å². The minimum atomic E-state index is -1.30. The fourth-order valence-corrected chi connectivity index (χ4v) is 3.11. The van der Waals surface area contributed by atoms with Gasteiger partial charge in [-0.1, -0.05) is 54.6 Å². The molecule has 0 bridgehead atoms. The van der Waals surface area contributed by atoms with E-state index in [1.807, 2.05) is 0 Å². The largest absolute Gasteiger partial charge is 0.357 e. The topological polar surface area (TPSA) is 87.3 Å². The molecule has 0 aromatic heterocycles. The average Bonchev–Trinajstić information content (AvgIpc) is 2.83. The fourth-order valence-electron chi connectivity index (χ4n) is 3.11. The molecule has 0 fully saturated rings. The third-order valence-corrected chi connectivity index (χ3v) is 4.78. The van der Waals surface area contributed by atoms with Crippen LogP contribution in [0.25, 0.3) is 0 Å². The molecule has 0 aliphatic heterocycles. The summed E-state index contributed by atoms with van der Waals surface area (Å²) in [6.45, 7) is 0. The van der Waals surface area contributed by atoms with Crippen LogP contribution in [0.2, 0.25) is 0 Å². The first-order valence-corrected chi connectivity index (χ1v) is 9.78. The van der Waals surface area contributed by atoms with Gasteiger partial charge in [0.25, 0.3) is 5.91 Å². The molecule has 3 N–H and O–H groups in total. The number of halogens is 2. The molecule has 0 spiro atoms. The van der Waals surface area contributed by atoms with Gasteiger partial charge in [-0.05, 0) is 35.4 Å². The van der Waals surface area contributed by atoms with Crippen LogP contribution in [0, 0.1) is 11.6 Å². The van der Waals surface area contributed by atoms with Gasteiger partial charge >= 0.3 is 0 Å². The van der Waals surface area contributed by atoms with E-state index in [0.717, 1.165) is 12.1 Å². The molecule has 3 aromatic carbocycles. The zero-order chi connectivity index (χ0) is 23.1. The van der Waals surface area contributed by atoms with Crippen molar-refractivity contribution in [1.29, 1.82) is 0 Å². The number of hydrogen-bond acceptors (Lipinski definition) is 3. The van der Waals surface area contributed by atoms with E-state index in [0.29, 0.717) is 11.1 Å². The van der Waals surface area contributed by atoms with Gasteiger partial charge in [0.05, 0.1) is 0 Å². The Bertz CT molecular complexity index is 1110. The number of likely N-dealkylation sites (N-methyl/N-ethyl adjacent to an activating group) is 1. The Morgan fingerprint density at radius 2 is 1.28 bits per heavy atom. The van der Waals surface area contributed by atoms with Crippen molar-refractivity contribution >= 4 is 17.7 Å². The minimum absolute atomic E-state index is 0.0535. The van der Waals surface area contributed by atoms with E-state index in [1.54, 1.807) is 60.7 Å². The maximum absolute atomic E-state index is 13.8. The van der Waals surface area contributed by atoms with Gasteiger partial charge in [0.1, 0.15) is 12.1 Å². The molecule has 0 aliphatic carbocycles. The maximum Gasteiger partial charge on any atom is 0.252 e. The van der Waals surface area contributed by atoms with Gasteiger partial charge in [0.15, 0.2) is 11.6 Å². The van der Waals surface area contributed by atoms with Crippen LogP contribution < -0.4 is 16.0 Å². The van der Waals surface area contributed by atoms with Crippen molar-refractivity contribution in [3.05, 3.63) is 107 Å². The summed E-state index contributed by atoms with van der Waals surface area (Å²) in [5.41, 5.74) is 0.887. The molecule has 8 heteroatoms. The Kier molecular flexibility index (Phi) is 7.28. The molecule has 0 aliphatic rings. The van der Waals surface area contributed by atoms with E-state index in [2.05, 4.69) is 16.0 Å². The smallest absolute Gasteiger partial charge is 0.252 e. The Morgan fingerprint density at radius 1 is 0.688 bits per heavy atom. The molecule has 164 valence electrons. The van der Waals surface area contributed by atoms with E-state index in [1.165, 1.54) is 13.1 Å². The van der Waals surface area contributed by atoms with Gasteiger partial charge in [-0.15, -0.1) is 0 Å². The monoisotopic (exact) mass is 437 g/mol. The third kappa shape index (κ3) is 5.34. The summed E-state index contributed by atoms with van der Waals surface area (Å²) >= 11 is 0. The summed E-state index contributed by atoms with van der Waals surface area (Å²) in [4.78, 5) is 38.3. The van der Waals surface area contributed by atoms with E-state index in [-0.39, 0.29) is 5.56 Å². The highest BCUT2D eigenvalue weighted by molar-refractivity contribution is 5.98. The molecule has 0 heterocycles. The molecule has 3 rings (SSSR count). The molecule has 0 saturated heterocycles. The van der Waals surface area contributed by atoms with E-state index < -0.39 is 41.4 Å². The molecular weight excluding hydrogens is 416 g/mol. The van der Waals surface area contributed by atoms with Crippen LogP contribution in [0.3, 0.4) is 0 Å². The average molecular weight is 437 g/mol. The predicted molar refractivity (Wildman–Crippen MR) is 114 cm³/mol. The quantitative estimate of drug-likeness (QED) is 0.531. The number of nitrogens with one attached hydrogen (secondary N) is 3. The minimum Gasteiger partial charge on any atom is -0.357 e. The van der Waals surface area contributed by atoms with Gasteiger partial charge in [0.2, 0.25) is 11.8 Å². The first kappa shape index (κ1) is 22.6. The predicted octanol–water partition coefficient (Wildman–Crippen LogP) is 3.04. The van der Waals surface area contributed by atoms with Gasteiger partial charge in [-0.25, -0.2) is 8.78 Å². The summed E-state index contributed by atoms with van der Waals surface area (Å²) in [6, 6.07) is 17.3. The number of rotatable bonds is 7. The van der Waals surface area contributed by atoms with Crippen LogP contribution in [0.4, 0.5) is 8.78 Å². The third-order valence-electron chi connectivity index (χ3n) is 4.78. The van der Waals surface area contributed by atoms with Crippen LogP contribution in [0.5, 0.6) is 0 Å². The number of amides is 3. The molecule has 3 amide bonds. The fraction of sp³-hybridized carbons (Fsp3) is 0.125. The van der Waals surface area contributed by atoms with Crippen molar-refractivity contribution in [2.75, 3.05) is 7.05 Å². The van der Waals surface area contributed by atoms with Gasteiger partial charge < -0.3 is 16.0 Å². The van der Waals surface area contributed by atoms with Gasteiger partial charge in [0, 0.05) is 12.6 Å². The number of carbonyl (C=O) groups excluding carboxylic acids is 3. The summed E-state index contributed by atoms with van der Waals surface area (Å²) < 4.78 is 27.1. The molecule has 32 heavy (non-hydrogen) atoms. The lowest BCUT2D eigenvalue weighted by molar-refractivity contribution is -0.130. The number of hydrogen-bond donors (Lipinski definition) is 3. The first-order valence-electron chi connectivity index (χ1n) is 9.78. The lowest BCUT2D eigenvalue weighted by atomic mass is 10.0. The molecule has 0 saturated carbocycles. The van der Waals surface area contributed by atoms with Crippen LogP contribution >= 0.6 is 0 Å². The molecule has 3 aromatic rings. The number of carbonyl (C=O) groups is 3. The maximum atomic E-state index is 13.8. The summed E-state index contributed by atoms with van der Waals surface area (Å²) in [7, 11) is 1.35. The molecule has 2 atom stereocenters. The van der Waals surface area contributed by atoms with Crippen LogP contribution in [0.1, 0.15) is 33.6 Å². The highest BCUT2D eigenvalue weighted by Gasteiger charge is 2.29. The second-order valence-corrected chi connectivity index (χ2v) is 6.91. The highest BCUT2D eigenvalue weighted by Crippen LogP contribution is 2.20. The summed E-state index contributed by atoms with van der Waals surface area (Å²) in [5, 5.41) is 7.59. The van der Waals surface area contributed by atoms with Crippen molar-refractivity contribution in [3.8, 4) is 0 Å². The summed E-state index contributed by atoms with van der Waals surface area (Å²) in [5.74, 6) is -4.04. The van der Waals surface area contributed by atoms with Crippen molar-refractivity contribution in [1.82, 2.24) is 16.0 Å². The highest BCUT2D eigenvalue weighted by atomic mass is 19.2. The van der Waals surface area contributed by atoms with Crippen molar-refractivity contribution in [2.24, 2.45) is 0 Å². The molecule has 6 nitrogen and oxygen atoms in total. The van der Waals surface area contributed by atoms with E-state index >= 15 is 0 Å². The molecule has 0 radical (unpaired) electrons. The van der Waals surface area contributed by atoms with Crippen LogP contribution in [0.15, 0.2) is 78.9 Å². The SMILES string of the molecule is CNC(=O)C(NC(=O)C(NC(=O)c1ccccc1)c1ccccc1)c1ccc(F)c(F)c1. The second-order valence-electron chi connectivity index (χ2n) is 6.91. The second kappa shape index (κ2) is 10.3. The Morgan fingerprint density at radius 3 is 1.88 bits per heavy atom. The zero-order valence-corrected chi connectivity index (χ0v) is 17.1. The first-order chi connectivity index (χ1) is 15.4. The number of benzene rings is 3. The van der Waals surface area contributed by atoms with Crippen molar-refractivity contribution in [2.45, 2.75) is 12.1 Å². The van der Waals surface area contributed by atoms with Crippen LogP contribution in [-0.4, -0.2) is 24.8 Å². The Balaban J connectivity index is 1.90. The van der Waals surface area contributed by atoms with E-state index in [9.17, 15) is 23.2 Å². The Labute approximate surface area is 183 Å².